The predicted octanol–water partition coefficient (Wildman–Crippen LogP) is 5.09. The van der Waals surface area contributed by atoms with Crippen molar-refractivity contribution in [1.29, 1.82) is 0 Å². The van der Waals surface area contributed by atoms with Crippen LogP contribution >= 0.6 is 0 Å². The fraction of sp³-hybridized carbons (Fsp3) is 0.231. The van der Waals surface area contributed by atoms with Crippen LogP contribution < -0.4 is 15.4 Å². The van der Waals surface area contributed by atoms with Gasteiger partial charge in [-0.15, -0.1) is 0 Å². The van der Waals surface area contributed by atoms with E-state index in [9.17, 15) is 9.59 Å². The van der Waals surface area contributed by atoms with Crippen LogP contribution in [0, 0.1) is 0 Å². The summed E-state index contributed by atoms with van der Waals surface area (Å²) in [4.78, 5) is 25.4. The monoisotopic (exact) mass is 416 g/mol. The van der Waals surface area contributed by atoms with Crippen LogP contribution in [0.2, 0.25) is 0 Å². The Bertz CT molecular complexity index is 1020. The van der Waals surface area contributed by atoms with Crippen molar-refractivity contribution in [1.82, 2.24) is 5.32 Å². The molecule has 0 saturated carbocycles. The van der Waals surface area contributed by atoms with Crippen molar-refractivity contribution in [3.63, 3.8) is 0 Å². The number of rotatable bonds is 9. The maximum absolute atomic E-state index is 12.8. The lowest BCUT2D eigenvalue weighted by Crippen LogP contribution is -2.32. The summed E-state index contributed by atoms with van der Waals surface area (Å²) in [5.41, 5.74) is 2.58. The van der Waals surface area contributed by atoms with Crippen LogP contribution in [-0.4, -0.2) is 24.5 Å². The molecule has 160 valence electrons. The molecular formula is C26H28N2O3. The van der Waals surface area contributed by atoms with Crippen molar-refractivity contribution in [3.05, 3.63) is 95.6 Å². The van der Waals surface area contributed by atoms with E-state index < -0.39 is 0 Å². The average molecular weight is 417 g/mol. The first-order valence-corrected chi connectivity index (χ1v) is 10.5. The smallest absolute Gasteiger partial charge is 0.255 e. The Morgan fingerprint density at radius 3 is 2.42 bits per heavy atom. The van der Waals surface area contributed by atoms with E-state index in [2.05, 4.69) is 22.8 Å². The Labute approximate surface area is 183 Å². The van der Waals surface area contributed by atoms with Crippen molar-refractivity contribution in [2.45, 2.75) is 32.7 Å². The summed E-state index contributed by atoms with van der Waals surface area (Å²) < 4.78 is 5.82. The third kappa shape index (κ3) is 6.44. The van der Waals surface area contributed by atoms with E-state index in [0.717, 1.165) is 12.8 Å². The van der Waals surface area contributed by atoms with E-state index in [-0.39, 0.29) is 17.9 Å². The number of benzene rings is 3. The van der Waals surface area contributed by atoms with E-state index in [0.29, 0.717) is 29.2 Å². The highest BCUT2D eigenvalue weighted by Gasteiger charge is 2.15. The average Bonchev–Trinajstić information content (AvgIpc) is 2.80. The minimum atomic E-state index is -0.294. The van der Waals surface area contributed by atoms with Crippen molar-refractivity contribution in [2.75, 3.05) is 11.9 Å². The molecule has 0 aliphatic carbocycles. The minimum Gasteiger partial charge on any atom is -0.493 e. The number of para-hydroxylation sites is 1. The molecule has 0 aliphatic rings. The highest BCUT2D eigenvalue weighted by atomic mass is 16.5. The Morgan fingerprint density at radius 1 is 0.903 bits per heavy atom. The maximum atomic E-state index is 12.8. The Kier molecular flexibility index (Phi) is 7.82. The molecule has 2 N–H and O–H groups in total. The predicted molar refractivity (Wildman–Crippen MR) is 124 cm³/mol. The van der Waals surface area contributed by atoms with Gasteiger partial charge in [0.1, 0.15) is 5.75 Å². The van der Waals surface area contributed by atoms with Gasteiger partial charge in [-0.3, -0.25) is 9.59 Å². The van der Waals surface area contributed by atoms with Crippen molar-refractivity contribution >= 4 is 17.5 Å². The van der Waals surface area contributed by atoms with Gasteiger partial charge in [-0.2, -0.15) is 0 Å². The second kappa shape index (κ2) is 11.0. The van der Waals surface area contributed by atoms with E-state index in [1.807, 2.05) is 38.1 Å². The highest BCUT2D eigenvalue weighted by Crippen LogP contribution is 2.19. The molecule has 2 amide bonds. The van der Waals surface area contributed by atoms with Crippen LogP contribution in [0.3, 0.4) is 0 Å². The van der Waals surface area contributed by atoms with Crippen LogP contribution in [-0.2, 0) is 6.42 Å². The zero-order valence-corrected chi connectivity index (χ0v) is 17.9. The lowest BCUT2D eigenvalue weighted by atomic mass is 10.1. The molecule has 31 heavy (non-hydrogen) atoms. The molecule has 0 bridgehead atoms. The SMILES string of the molecule is CCC(C)NC(=O)c1ccccc1NC(=O)c1cccc(OCCc2ccccc2)c1. The van der Waals surface area contributed by atoms with E-state index in [1.165, 1.54) is 5.56 Å². The fourth-order valence-electron chi connectivity index (χ4n) is 3.05. The molecule has 0 saturated heterocycles. The van der Waals surface area contributed by atoms with Crippen molar-refractivity contribution in [3.8, 4) is 5.75 Å². The van der Waals surface area contributed by atoms with Crippen LogP contribution in [0.4, 0.5) is 5.69 Å². The largest absolute Gasteiger partial charge is 0.493 e. The summed E-state index contributed by atoms with van der Waals surface area (Å²) >= 11 is 0. The van der Waals surface area contributed by atoms with Gasteiger partial charge >= 0.3 is 0 Å². The molecule has 0 radical (unpaired) electrons. The summed E-state index contributed by atoms with van der Waals surface area (Å²) in [5, 5.41) is 5.79. The van der Waals surface area contributed by atoms with Gasteiger partial charge in [-0.1, -0.05) is 55.5 Å². The zero-order chi connectivity index (χ0) is 22.1. The minimum absolute atomic E-state index is 0.0565. The number of nitrogens with one attached hydrogen (secondary N) is 2. The Hall–Kier alpha value is -3.60. The second-order valence-corrected chi connectivity index (χ2v) is 7.39. The Balaban J connectivity index is 1.65. The van der Waals surface area contributed by atoms with Gasteiger partial charge in [-0.05, 0) is 49.2 Å². The topological polar surface area (TPSA) is 67.4 Å². The molecular weight excluding hydrogens is 388 g/mol. The van der Waals surface area contributed by atoms with Crippen molar-refractivity contribution in [2.24, 2.45) is 0 Å². The molecule has 0 aliphatic heterocycles. The quantitative estimate of drug-likeness (QED) is 0.511. The van der Waals surface area contributed by atoms with Gasteiger partial charge in [0.25, 0.3) is 11.8 Å². The van der Waals surface area contributed by atoms with E-state index in [4.69, 9.17) is 4.74 Å². The first kappa shape index (κ1) is 22.1. The van der Waals surface area contributed by atoms with Crippen LogP contribution in [0.25, 0.3) is 0 Å². The fourth-order valence-corrected chi connectivity index (χ4v) is 3.05. The number of carbonyl (C=O) groups excluding carboxylic acids is 2. The zero-order valence-electron chi connectivity index (χ0n) is 17.9. The molecule has 3 aromatic rings. The summed E-state index contributed by atoms with van der Waals surface area (Å²) in [6.45, 7) is 4.48. The first-order valence-electron chi connectivity index (χ1n) is 10.5. The molecule has 3 aromatic carbocycles. The Morgan fingerprint density at radius 2 is 1.65 bits per heavy atom. The number of hydrogen-bond acceptors (Lipinski definition) is 3. The molecule has 1 atom stereocenters. The van der Waals surface area contributed by atoms with E-state index in [1.54, 1.807) is 42.5 Å². The number of amides is 2. The van der Waals surface area contributed by atoms with E-state index >= 15 is 0 Å². The van der Waals surface area contributed by atoms with Gasteiger partial charge in [0.05, 0.1) is 17.9 Å². The van der Waals surface area contributed by atoms with Crippen LogP contribution in [0.5, 0.6) is 5.75 Å². The second-order valence-electron chi connectivity index (χ2n) is 7.39. The summed E-state index contributed by atoms with van der Waals surface area (Å²) in [7, 11) is 0. The summed E-state index contributed by atoms with van der Waals surface area (Å²) in [6, 6.07) is 24.2. The number of hydrogen-bond donors (Lipinski definition) is 2. The number of ether oxygens (including phenoxy) is 1. The molecule has 3 rings (SSSR count). The standard InChI is InChI=1S/C26H28N2O3/c1-3-19(2)27-26(30)23-14-7-8-15-24(23)28-25(29)21-12-9-13-22(18-21)31-17-16-20-10-5-4-6-11-20/h4-15,18-19H,3,16-17H2,1-2H3,(H,27,30)(H,28,29). The third-order valence-electron chi connectivity index (χ3n) is 5.01. The molecule has 0 fully saturated rings. The molecule has 0 spiro atoms. The third-order valence-corrected chi connectivity index (χ3v) is 5.01. The highest BCUT2D eigenvalue weighted by molar-refractivity contribution is 6.09. The molecule has 5 nitrogen and oxygen atoms in total. The van der Waals surface area contributed by atoms with Gasteiger partial charge in [0.2, 0.25) is 0 Å². The molecule has 1 unspecified atom stereocenters. The van der Waals surface area contributed by atoms with Crippen LogP contribution in [0.1, 0.15) is 46.5 Å². The van der Waals surface area contributed by atoms with Gasteiger partial charge in [-0.25, -0.2) is 0 Å². The van der Waals surface area contributed by atoms with Crippen LogP contribution in [0.15, 0.2) is 78.9 Å². The summed E-state index contributed by atoms with van der Waals surface area (Å²) in [6.07, 6.45) is 1.62. The summed E-state index contributed by atoms with van der Waals surface area (Å²) in [5.74, 6) is 0.131. The lowest BCUT2D eigenvalue weighted by molar-refractivity contribution is 0.0940. The lowest BCUT2D eigenvalue weighted by Gasteiger charge is -2.15. The molecule has 5 heteroatoms. The van der Waals surface area contributed by atoms with Gasteiger partial charge < -0.3 is 15.4 Å². The number of anilines is 1. The molecule has 0 aromatic heterocycles. The molecule has 0 heterocycles. The van der Waals surface area contributed by atoms with Crippen molar-refractivity contribution < 1.29 is 14.3 Å². The number of carbonyl (C=O) groups is 2. The van der Waals surface area contributed by atoms with Gasteiger partial charge in [0, 0.05) is 18.0 Å². The first-order chi connectivity index (χ1) is 15.1. The normalized spacial score (nSPS) is 11.4. The maximum Gasteiger partial charge on any atom is 0.255 e. The van der Waals surface area contributed by atoms with Gasteiger partial charge in [0.15, 0.2) is 0 Å².